The monoisotopic (exact) mass is 393 g/mol. The van der Waals surface area contributed by atoms with Crippen LogP contribution < -0.4 is 10.5 Å². The lowest BCUT2D eigenvalue weighted by molar-refractivity contribution is -0.129. The zero-order chi connectivity index (χ0) is 16.5. The highest BCUT2D eigenvalue weighted by Gasteiger charge is 2.26. The van der Waals surface area contributed by atoms with Gasteiger partial charge in [-0.3, -0.25) is 4.79 Å². The van der Waals surface area contributed by atoms with Gasteiger partial charge < -0.3 is 10.2 Å². The fraction of sp³-hybridized carbons (Fsp3) is 0.462. The summed E-state index contributed by atoms with van der Waals surface area (Å²) in [4.78, 5) is 13.1. The molecule has 1 aromatic carbocycles. The van der Waals surface area contributed by atoms with Crippen molar-refractivity contribution in [1.29, 1.82) is 0 Å². The van der Waals surface area contributed by atoms with Gasteiger partial charge in [0.05, 0.1) is 10.6 Å². The number of carbonyl (C=O) groups is 1. The molecule has 9 heteroatoms. The Hall–Kier alpha value is -1.19. The first-order chi connectivity index (χ1) is 10.2. The number of nitrogens with zero attached hydrogens (tertiary/aromatic N) is 1. The maximum Gasteiger partial charge on any atom is 0.238 e. The molecular weight excluding hydrogens is 377 g/mol. The molecule has 1 heterocycles. The van der Waals surface area contributed by atoms with Crippen LogP contribution in [0.4, 0.5) is 10.1 Å². The molecule has 1 saturated heterocycles. The van der Waals surface area contributed by atoms with Gasteiger partial charge in [0.1, 0.15) is 5.82 Å². The number of carbonyl (C=O) groups excluding carboxylic acids is 1. The predicted octanol–water partition coefficient (Wildman–Crippen LogP) is 1.66. The maximum absolute atomic E-state index is 14.1. The lowest BCUT2D eigenvalue weighted by Crippen LogP contribution is -2.31. The van der Waals surface area contributed by atoms with Crippen molar-refractivity contribution in [3.8, 4) is 0 Å². The molecular formula is C13H17BrFN3O3S. The van der Waals surface area contributed by atoms with Gasteiger partial charge in [-0.15, -0.1) is 0 Å². The summed E-state index contributed by atoms with van der Waals surface area (Å²) in [6, 6.07) is 2.05. The van der Waals surface area contributed by atoms with Gasteiger partial charge in [0.15, 0.2) is 0 Å². The minimum Gasteiger partial charge on any atom is -0.377 e. The van der Waals surface area contributed by atoms with E-state index in [-0.39, 0.29) is 27.0 Å². The van der Waals surface area contributed by atoms with Crippen molar-refractivity contribution in [1.82, 2.24) is 4.90 Å². The molecule has 1 amide bonds. The van der Waals surface area contributed by atoms with E-state index in [0.29, 0.717) is 25.9 Å². The third-order valence-corrected chi connectivity index (χ3v) is 5.05. The number of halogens is 2. The summed E-state index contributed by atoms with van der Waals surface area (Å²) in [5.74, 6) is -0.646. The van der Waals surface area contributed by atoms with Crippen molar-refractivity contribution in [3.63, 3.8) is 0 Å². The summed E-state index contributed by atoms with van der Waals surface area (Å²) in [5, 5.41) is 8.01. The largest absolute Gasteiger partial charge is 0.377 e. The second-order valence-corrected chi connectivity index (χ2v) is 7.55. The number of amides is 1. The normalized spacial score (nSPS) is 18.5. The molecule has 1 aliphatic rings. The van der Waals surface area contributed by atoms with Gasteiger partial charge in [0.25, 0.3) is 0 Å². The maximum atomic E-state index is 14.1. The van der Waals surface area contributed by atoms with Crippen LogP contribution in [0.1, 0.15) is 19.8 Å². The highest BCUT2D eigenvalue weighted by atomic mass is 79.9. The minimum absolute atomic E-state index is 0.0633. The first-order valence-electron chi connectivity index (χ1n) is 6.78. The van der Waals surface area contributed by atoms with Crippen LogP contribution in [0.2, 0.25) is 0 Å². The summed E-state index contributed by atoms with van der Waals surface area (Å²) >= 11 is 3.15. The Morgan fingerprint density at radius 2 is 2.23 bits per heavy atom. The van der Waals surface area contributed by atoms with Gasteiger partial charge >= 0.3 is 0 Å². The summed E-state index contributed by atoms with van der Waals surface area (Å²) in [5.41, 5.74) is 0.170. The van der Waals surface area contributed by atoms with Crippen LogP contribution >= 0.6 is 15.9 Å². The van der Waals surface area contributed by atoms with Gasteiger partial charge in [-0.05, 0) is 34.5 Å². The quantitative estimate of drug-likeness (QED) is 0.813. The Morgan fingerprint density at radius 3 is 2.77 bits per heavy atom. The molecule has 0 spiro atoms. The molecule has 0 aliphatic carbocycles. The molecule has 6 nitrogen and oxygen atoms in total. The fourth-order valence-electron chi connectivity index (χ4n) is 2.38. The van der Waals surface area contributed by atoms with E-state index >= 15 is 0 Å². The van der Waals surface area contributed by atoms with Crippen molar-refractivity contribution < 1.29 is 17.6 Å². The number of hydrogen-bond donors (Lipinski definition) is 2. The van der Waals surface area contributed by atoms with Crippen molar-refractivity contribution >= 4 is 37.5 Å². The fourth-order valence-corrected chi connectivity index (χ4v) is 3.64. The molecule has 1 aromatic rings. The van der Waals surface area contributed by atoms with Crippen LogP contribution in [0.5, 0.6) is 0 Å². The van der Waals surface area contributed by atoms with Crippen LogP contribution in [0, 0.1) is 5.82 Å². The summed E-state index contributed by atoms with van der Waals surface area (Å²) in [6.45, 7) is 2.92. The van der Waals surface area contributed by atoms with Crippen LogP contribution in [0.3, 0.4) is 0 Å². The molecule has 1 atom stereocenters. The number of nitrogens with two attached hydrogens (primary N) is 1. The third-order valence-electron chi connectivity index (χ3n) is 3.54. The van der Waals surface area contributed by atoms with E-state index in [0.717, 1.165) is 6.07 Å². The van der Waals surface area contributed by atoms with E-state index in [4.69, 9.17) is 5.14 Å². The van der Waals surface area contributed by atoms with Crippen LogP contribution in [-0.4, -0.2) is 38.4 Å². The third kappa shape index (κ3) is 3.76. The van der Waals surface area contributed by atoms with Crippen molar-refractivity contribution in [3.05, 3.63) is 22.4 Å². The van der Waals surface area contributed by atoms with Gasteiger partial charge in [-0.1, -0.05) is 6.92 Å². The van der Waals surface area contributed by atoms with Crippen LogP contribution in [-0.2, 0) is 14.8 Å². The Balaban J connectivity index is 2.16. The summed E-state index contributed by atoms with van der Waals surface area (Å²) in [6.07, 6.45) is 1.14. The van der Waals surface area contributed by atoms with Crippen molar-refractivity contribution in [2.45, 2.75) is 30.7 Å². The zero-order valence-electron chi connectivity index (χ0n) is 12.0. The Morgan fingerprint density at radius 1 is 1.55 bits per heavy atom. The van der Waals surface area contributed by atoms with Gasteiger partial charge in [-0.25, -0.2) is 17.9 Å². The Labute approximate surface area is 137 Å². The van der Waals surface area contributed by atoms with Crippen molar-refractivity contribution in [2.24, 2.45) is 5.14 Å². The first kappa shape index (κ1) is 17.2. The summed E-state index contributed by atoms with van der Waals surface area (Å²) < 4.78 is 36.9. The lowest BCUT2D eigenvalue weighted by Gasteiger charge is -2.18. The molecule has 2 rings (SSSR count). The van der Waals surface area contributed by atoms with E-state index in [1.165, 1.54) is 6.07 Å². The highest BCUT2D eigenvalue weighted by Crippen LogP contribution is 2.30. The SMILES string of the molecule is CCC(=O)N1CC[C@@H](Nc2c(F)cc(S(N)(=O)=O)cc2Br)C1. The van der Waals surface area contributed by atoms with Crippen molar-refractivity contribution in [2.75, 3.05) is 18.4 Å². The van der Waals surface area contributed by atoms with Crippen LogP contribution in [0.25, 0.3) is 0 Å². The highest BCUT2D eigenvalue weighted by molar-refractivity contribution is 9.10. The number of benzene rings is 1. The number of anilines is 1. The number of rotatable bonds is 4. The van der Waals surface area contributed by atoms with Gasteiger partial charge in [0.2, 0.25) is 15.9 Å². The first-order valence-corrected chi connectivity index (χ1v) is 9.12. The molecule has 0 saturated carbocycles. The molecule has 122 valence electrons. The number of hydrogen-bond acceptors (Lipinski definition) is 4. The zero-order valence-corrected chi connectivity index (χ0v) is 14.4. The number of sulfonamides is 1. The van der Waals surface area contributed by atoms with Gasteiger partial charge in [0, 0.05) is 30.0 Å². The number of nitrogens with one attached hydrogen (secondary N) is 1. The average molecular weight is 394 g/mol. The molecule has 0 bridgehead atoms. The molecule has 0 radical (unpaired) electrons. The van der Waals surface area contributed by atoms with E-state index in [9.17, 15) is 17.6 Å². The summed E-state index contributed by atoms with van der Waals surface area (Å²) in [7, 11) is -3.97. The number of likely N-dealkylation sites (tertiary alicyclic amines) is 1. The second-order valence-electron chi connectivity index (χ2n) is 5.13. The topological polar surface area (TPSA) is 92.5 Å². The van der Waals surface area contributed by atoms with E-state index in [2.05, 4.69) is 21.2 Å². The number of primary sulfonamides is 1. The Bertz CT molecular complexity index is 673. The van der Waals surface area contributed by atoms with Gasteiger partial charge in [-0.2, -0.15) is 0 Å². The van der Waals surface area contributed by atoms with E-state index in [1.54, 1.807) is 11.8 Å². The van der Waals surface area contributed by atoms with E-state index in [1.807, 2.05) is 0 Å². The molecule has 1 fully saturated rings. The molecule has 0 unspecified atom stereocenters. The molecule has 3 N–H and O–H groups in total. The molecule has 0 aromatic heterocycles. The van der Waals surface area contributed by atoms with Crippen LogP contribution in [0.15, 0.2) is 21.5 Å². The standard InChI is InChI=1S/C13H17BrFN3O3S/c1-2-12(19)18-4-3-8(7-18)17-13-10(14)5-9(6-11(13)15)22(16,20)21/h5-6,8,17H,2-4,7H2,1H3,(H2,16,20,21)/t8-/m1/s1. The molecule has 22 heavy (non-hydrogen) atoms. The minimum atomic E-state index is -3.97. The van der Waals surface area contributed by atoms with E-state index < -0.39 is 15.8 Å². The lowest BCUT2D eigenvalue weighted by atomic mass is 10.2. The molecule has 1 aliphatic heterocycles. The Kier molecular flexibility index (Phi) is 5.08. The predicted molar refractivity (Wildman–Crippen MR) is 84.4 cm³/mol. The average Bonchev–Trinajstić information content (AvgIpc) is 2.89. The smallest absolute Gasteiger partial charge is 0.238 e. The second kappa shape index (κ2) is 6.51.